The minimum absolute atomic E-state index is 0.0943. The van der Waals surface area contributed by atoms with Crippen LogP contribution in [0.3, 0.4) is 0 Å². The Labute approximate surface area is 166 Å². The van der Waals surface area contributed by atoms with Crippen molar-refractivity contribution < 1.29 is 20.1 Å². The van der Waals surface area contributed by atoms with Crippen molar-refractivity contribution in [1.29, 1.82) is 0 Å². The predicted octanol–water partition coefficient (Wildman–Crippen LogP) is 1.52. The minimum Gasteiger partial charge on any atom is -0.600 e. The molecule has 1 aliphatic heterocycles. The van der Waals surface area contributed by atoms with Crippen molar-refractivity contribution in [3.8, 4) is 0 Å². The molecule has 6 heteroatoms. The van der Waals surface area contributed by atoms with Crippen LogP contribution in [-0.4, -0.2) is 41.5 Å². The van der Waals surface area contributed by atoms with Crippen LogP contribution in [0.2, 0.25) is 0 Å². The molecule has 3 N–H and O–H groups in total. The molecule has 0 amide bonds. The number of ketones is 1. The van der Waals surface area contributed by atoms with Crippen LogP contribution in [-0.2, 0) is 4.79 Å². The van der Waals surface area contributed by atoms with E-state index in [4.69, 9.17) is 5.21 Å². The van der Waals surface area contributed by atoms with E-state index in [1.807, 2.05) is 0 Å². The normalized spacial score (nSPS) is 40.1. The summed E-state index contributed by atoms with van der Waals surface area (Å²) >= 11 is 3.68. The summed E-state index contributed by atoms with van der Waals surface area (Å²) in [6.07, 6.45) is 12.2. The van der Waals surface area contributed by atoms with Crippen LogP contribution in [0.5, 0.6) is 0 Å². The lowest BCUT2D eigenvalue weighted by molar-refractivity contribution is -1.07. The smallest absolute Gasteiger partial charge is 0.189 e. The number of likely N-dealkylation sites (tertiary alicyclic amines) is 1. The van der Waals surface area contributed by atoms with Crippen LogP contribution >= 0.6 is 15.9 Å². The molecule has 3 rings (SSSR count). The second-order valence-corrected chi connectivity index (χ2v) is 10.4. The van der Waals surface area contributed by atoms with Crippen LogP contribution in [0.25, 0.3) is 0 Å². The second-order valence-electron chi connectivity index (χ2n) is 9.08. The van der Waals surface area contributed by atoms with Gasteiger partial charge in [0.05, 0.1) is 13.1 Å². The molecule has 26 heavy (non-hydrogen) atoms. The van der Waals surface area contributed by atoms with Crippen LogP contribution in [0.1, 0.15) is 70.6 Å². The van der Waals surface area contributed by atoms with Crippen LogP contribution < -0.4 is 10.1 Å². The lowest BCUT2D eigenvalue weighted by Crippen LogP contribution is -3.14. The Morgan fingerprint density at radius 1 is 0.962 bits per heavy atom. The summed E-state index contributed by atoms with van der Waals surface area (Å²) in [6, 6.07) is -0.0943. The van der Waals surface area contributed by atoms with E-state index in [1.54, 1.807) is 0 Å². The zero-order valence-corrected chi connectivity index (χ0v) is 17.5. The third kappa shape index (κ3) is 5.99. The molecule has 1 unspecified atom stereocenters. The van der Waals surface area contributed by atoms with E-state index in [9.17, 15) is 10.0 Å². The van der Waals surface area contributed by atoms with Gasteiger partial charge in [0, 0.05) is 23.6 Å². The average molecular weight is 432 g/mol. The Hall–Kier alpha value is -0.01000. The number of quaternary nitrogens is 2. The van der Waals surface area contributed by atoms with Gasteiger partial charge < -0.3 is 10.1 Å². The third-order valence-electron chi connectivity index (χ3n) is 7.21. The van der Waals surface area contributed by atoms with Crippen LogP contribution in [0.15, 0.2) is 0 Å². The molecule has 0 bridgehead atoms. The summed E-state index contributed by atoms with van der Waals surface area (Å²) in [6.45, 7) is 3.04. The monoisotopic (exact) mass is 431 g/mol. The van der Waals surface area contributed by atoms with Crippen LogP contribution in [0, 0.1) is 23.0 Å². The number of carbonyl (C=O) groups is 1. The molecule has 0 aromatic rings. The van der Waals surface area contributed by atoms with Crippen molar-refractivity contribution in [1.82, 2.24) is 0 Å². The van der Waals surface area contributed by atoms with Crippen molar-refractivity contribution in [2.24, 2.45) is 17.8 Å². The Bertz CT molecular complexity index is 438. The van der Waals surface area contributed by atoms with E-state index < -0.39 is 5.23 Å². The van der Waals surface area contributed by atoms with Gasteiger partial charge >= 0.3 is 0 Å². The molecule has 5 nitrogen and oxygen atoms in total. The summed E-state index contributed by atoms with van der Waals surface area (Å²) in [5.41, 5.74) is 0. The number of hydroxylamine groups is 2. The number of carbonyl (C=O) groups excluding carboxylic acids is 1. The van der Waals surface area contributed by atoms with Gasteiger partial charge in [-0.25, -0.2) is 10.4 Å². The maximum absolute atomic E-state index is 12.6. The largest absolute Gasteiger partial charge is 0.600 e. The lowest BCUT2D eigenvalue weighted by atomic mass is 9.78. The molecule has 1 heterocycles. The highest BCUT2D eigenvalue weighted by molar-refractivity contribution is 9.09. The first kappa shape index (κ1) is 20.7. The first-order chi connectivity index (χ1) is 12.5. The van der Waals surface area contributed by atoms with Gasteiger partial charge in [0.1, 0.15) is 12.6 Å². The molecule has 1 saturated heterocycles. The molecular weight excluding hydrogens is 396 g/mol. The zero-order valence-electron chi connectivity index (χ0n) is 15.9. The van der Waals surface area contributed by atoms with Crippen LogP contribution in [0.4, 0.5) is 0 Å². The number of rotatable bonds is 6. The van der Waals surface area contributed by atoms with E-state index in [-0.39, 0.29) is 6.04 Å². The highest BCUT2D eigenvalue weighted by Gasteiger charge is 2.32. The summed E-state index contributed by atoms with van der Waals surface area (Å²) < 4.78 is 0. The third-order valence-corrected chi connectivity index (χ3v) is 8.13. The molecule has 1 atom stereocenters. The highest BCUT2D eigenvalue weighted by Crippen LogP contribution is 2.31. The summed E-state index contributed by atoms with van der Waals surface area (Å²) in [5, 5.41) is 19.6. The van der Waals surface area contributed by atoms with E-state index in [2.05, 4.69) is 15.9 Å². The molecule has 0 aromatic carbocycles. The highest BCUT2D eigenvalue weighted by atomic mass is 79.9. The number of hydrogen-bond donors (Lipinski definition) is 3. The van der Waals surface area contributed by atoms with E-state index in [0.29, 0.717) is 16.5 Å². The maximum Gasteiger partial charge on any atom is 0.189 e. The SMILES string of the molecule is O=C(C[NH+]1CCC(CC2CCC([NH+]([O-])O)CC2)CC1)C1CCC(Br)CC1. The predicted molar refractivity (Wildman–Crippen MR) is 104 cm³/mol. The Morgan fingerprint density at radius 3 is 2.12 bits per heavy atom. The Kier molecular flexibility index (Phi) is 7.94. The zero-order chi connectivity index (χ0) is 18.5. The molecule has 0 spiro atoms. The Morgan fingerprint density at radius 2 is 1.54 bits per heavy atom. The lowest BCUT2D eigenvalue weighted by Gasteiger charge is -2.35. The number of nitrogens with one attached hydrogen (secondary N) is 2. The topological polar surface area (TPSA) is 69.2 Å². The van der Waals surface area contributed by atoms with Gasteiger partial charge in [-0.1, -0.05) is 15.9 Å². The van der Waals surface area contributed by atoms with Gasteiger partial charge in [0.2, 0.25) is 0 Å². The fourth-order valence-electron chi connectivity index (χ4n) is 5.38. The number of alkyl halides is 1. The number of halogens is 1. The molecule has 3 fully saturated rings. The molecule has 2 aliphatic carbocycles. The van der Waals surface area contributed by atoms with Gasteiger partial charge in [0.15, 0.2) is 5.78 Å². The number of Topliss-reactive ketones (excluding diaryl/α,β-unsaturated/α-hetero) is 1. The summed E-state index contributed by atoms with van der Waals surface area (Å²) in [7, 11) is 0. The van der Waals surface area contributed by atoms with Gasteiger partial charge in [-0.2, -0.15) is 0 Å². The quantitative estimate of drug-likeness (QED) is 0.441. The first-order valence-corrected chi connectivity index (χ1v) is 11.7. The van der Waals surface area contributed by atoms with Gasteiger partial charge in [-0.15, -0.1) is 0 Å². The summed E-state index contributed by atoms with van der Waals surface area (Å²) in [4.78, 5) is 14.7. The molecule has 0 radical (unpaired) electrons. The molecule has 0 aromatic heterocycles. The van der Waals surface area contributed by atoms with Crippen molar-refractivity contribution >= 4 is 21.7 Å². The molecule has 2 saturated carbocycles. The van der Waals surface area contributed by atoms with Crippen molar-refractivity contribution in [2.75, 3.05) is 19.6 Å². The Balaban J connectivity index is 1.32. The van der Waals surface area contributed by atoms with Gasteiger partial charge in [-0.05, 0) is 69.6 Å². The van der Waals surface area contributed by atoms with Crippen molar-refractivity contribution in [3.63, 3.8) is 0 Å². The minimum atomic E-state index is -0.602. The summed E-state index contributed by atoms with van der Waals surface area (Å²) in [5.74, 6) is 2.35. The molecule has 150 valence electrons. The average Bonchev–Trinajstić information content (AvgIpc) is 2.64. The fourth-order valence-corrected chi connectivity index (χ4v) is 5.91. The van der Waals surface area contributed by atoms with Gasteiger partial charge in [-0.3, -0.25) is 4.79 Å². The first-order valence-electron chi connectivity index (χ1n) is 10.7. The number of piperidine rings is 1. The van der Waals surface area contributed by atoms with Gasteiger partial charge in [0.25, 0.3) is 0 Å². The molecular formula is C20H36BrN2O3+. The van der Waals surface area contributed by atoms with E-state index in [0.717, 1.165) is 82.8 Å². The second kappa shape index (κ2) is 9.97. The van der Waals surface area contributed by atoms with Crippen molar-refractivity contribution in [2.45, 2.75) is 81.5 Å². The maximum atomic E-state index is 12.6. The number of hydrogen-bond acceptors (Lipinski definition) is 3. The molecule has 3 aliphatic rings. The van der Waals surface area contributed by atoms with E-state index in [1.165, 1.54) is 24.2 Å². The standard InChI is InChI=1S/C20H35BrN2O3/c21-18-5-3-17(4-6-18)20(24)14-22-11-9-16(10-12-22)13-15-1-7-19(8-2-15)23(25)26/h15-19,23,25H,1-14H2/p+1. The fraction of sp³-hybridized carbons (Fsp3) is 0.950. The van der Waals surface area contributed by atoms with Crippen molar-refractivity contribution in [3.05, 3.63) is 5.21 Å². The van der Waals surface area contributed by atoms with E-state index >= 15 is 0 Å².